The molecule has 2 heterocycles. The van der Waals surface area contributed by atoms with Crippen molar-refractivity contribution in [1.29, 1.82) is 0 Å². The minimum absolute atomic E-state index is 0.356. The summed E-state index contributed by atoms with van der Waals surface area (Å²) in [5.41, 5.74) is 0. The molecule has 2 saturated heterocycles. The molecule has 0 saturated carbocycles. The Hall–Kier alpha value is 0.240. The first-order valence-electron chi connectivity index (χ1n) is 5.30. The summed E-state index contributed by atoms with van der Waals surface area (Å²) >= 11 is 2.01. The lowest BCUT2D eigenvalue weighted by atomic mass is 9.82. The highest BCUT2D eigenvalue weighted by atomic mass is 32.2. The zero-order valence-corrected chi connectivity index (χ0v) is 8.78. The molecule has 1 N–H and O–H groups in total. The van der Waals surface area contributed by atoms with Gasteiger partial charge in [-0.3, -0.25) is 0 Å². The quantitative estimate of drug-likeness (QED) is 0.700. The Morgan fingerprint density at radius 1 is 1.31 bits per heavy atom. The fourth-order valence-corrected chi connectivity index (χ4v) is 3.73. The number of piperidine rings is 1. The lowest BCUT2D eigenvalue weighted by Gasteiger charge is -2.35. The van der Waals surface area contributed by atoms with E-state index in [4.69, 9.17) is 0 Å². The van der Waals surface area contributed by atoms with E-state index in [0.29, 0.717) is 18.4 Å². The van der Waals surface area contributed by atoms with Crippen LogP contribution < -0.4 is 5.32 Å². The zero-order valence-electron chi connectivity index (χ0n) is 7.97. The molecule has 0 radical (unpaired) electrons. The van der Waals surface area contributed by atoms with Crippen molar-refractivity contribution in [3.63, 3.8) is 0 Å². The second kappa shape index (κ2) is 4.65. The standard InChI is InChI=1S/C10H18FNS/c11-10-6-12-4-3-9(10)8-2-1-5-13-7-8/h8-10,12H,1-7H2. The predicted octanol–water partition coefficient (Wildman–Crippen LogP) is 2.08. The van der Waals surface area contributed by atoms with Crippen LogP contribution in [0.4, 0.5) is 4.39 Å². The Balaban J connectivity index is 1.88. The number of rotatable bonds is 1. The minimum atomic E-state index is -0.586. The molecule has 13 heavy (non-hydrogen) atoms. The summed E-state index contributed by atoms with van der Waals surface area (Å²) in [5, 5.41) is 3.12. The molecule has 0 aromatic rings. The van der Waals surface area contributed by atoms with Crippen molar-refractivity contribution in [2.45, 2.75) is 25.4 Å². The molecule has 3 unspecified atom stereocenters. The lowest BCUT2D eigenvalue weighted by molar-refractivity contribution is 0.128. The SMILES string of the molecule is FC1CNCCC1C1CCCSC1. The maximum Gasteiger partial charge on any atom is 0.116 e. The van der Waals surface area contributed by atoms with Crippen LogP contribution in [0.1, 0.15) is 19.3 Å². The Kier molecular flexibility index (Phi) is 3.50. The molecule has 76 valence electrons. The van der Waals surface area contributed by atoms with Gasteiger partial charge in [0, 0.05) is 6.54 Å². The second-order valence-electron chi connectivity index (χ2n) is 4.15. The van der Waals surface area contributed by atoms with Crippen LogP contribution in [0, 0.1) is 11.8 Å². The van der Waals surface area contributed by atoms with Gasteiger partial charge in [0.05, 0.1) is 0 Å². The van der Waals surface area contributed by atoms with Gasteiger partial charge < -0.3 is 5.32 Å². The lowest BCUT2D eigenvalue weighted by Crippen LogP contribution is -2.42. The molecule has 2 fully saturated rings. The van der Waals surface area contributed by atoms with Gasteiger partial charge in [0.15, 0.2) is 0 Å². The summed E-state index contributed by atoms with van der Waals surface area (Å²) in [4.78, 5) is 0. The van der Waals surface area contributed by atoms with Crippen LogP contribution in [0.2, 0.25) is 0 Å². The van der Waals surface area contributed by atoms with Crippen LogP contribution in [-0.4, -0.2) is 30.8 Å². The highest BCUT2D eigenvalue weighted by Crippen LogP contribution is 2.34. The van der Waals surface area contributed by atoms with Gasteiger partial charge in [-0.2, -0.15) is 11.8 Å². The number of hydrogen-bond donors (Lipinski definition) is 1. The Bertz CT molecular complexity index is 159. The van der Waals surface area contributed by atoms with Gasteiger partial charge in [0.2, 0.25) is 0 Å². The maximum atomic E-state index is 13.6. The van der Waals surface area contributed by atoms with Gasteiger partial charge in [-0.25, -0.2) is 4.39 Å². The maximum absolute atomic E-state index is 13.6. The van der Waals surface area contributed by atoms with Crippen LogP contribution in [0.25, 0.3) is 0 Å². The topological polar surface area (TPSA) is 12.0 Å². The summed E-state index contributed by atoms with van der Waals surface area (Å²) in [7, 11) is 0. The first kappa shape index (κ1) is 9.78. The summed E-state index contributed by atoms with van der Waals surface area (Å²) in [5.74, 6) is 3.51. The van der Waals surface area contributed by atoms with E-state index in [9.17, 15) is 4.39 Å². The number of hydrogen-bond acceptors (Lipinski definition) is 2. The average Bonchev–Trinajstić information content (AvgIpc) is 2.20. The Morgan fingerprint density at radius 2 is 2.23 bits per heavy atom. The van der Waals surface area contributed by atoms with Crippen molar-refractivity contribution in [2.75, 3.05) is 24.6 Å². The zero-order chi connectivity index (χ0) is 9.10. The van der Waals surface area contributed by atoms with Crippen molar-refractivity contribution in [1.82, 2.24) is 5.32 Å². The van der Waals surface area contributed by atoms with E-state index < -0.39 is 6.17 Å². The van der Waals surface area contributed by atoms with E-state index in [1.54, 1.807) is 0 Å². The molecule has 3 atom stereocenters. The molecule has 2 aliphatic rings. The summed E-state index contributed by atoms with van der Waals surface area (Å²) in [6.45, 7) is 1.61. The van der Waals surface area contributed by atoms with Crippen LogP contribution in [0.5, 0.6) is 0 Å². The molecule has 0 aromatic carbocycles. The van der Waals surface area contributed by atoms with Gasteiger partial charge >= 0.3 is 0 Å². The van der Waals surface area contributed by atoms with Gasteiger partial charge in [-0.05, 0) is 49.1 Å². The summed E-state index contributed by atoms with van der Waals surface area (Å²) in [6.07, 6.45) is 3.02. The highest BCUT2D eigenvalue weighted by Gasteiger charge is 2.32. The van der Waals surface area contributed by atoms with Crippen LogP contribution in [-0.2, 0) is 0 Å². The molecule has 0 bridgehead atoms. The fourth-order valence-electron chi connectivity index (χ4n) is 2.48. The predicted molar refractivity (Wildman–Crippen MR) is 55.9 cm³/mol. The van der Waals surface area contributed by atoms with Crippen molar-refractivity contribution >= 4 is 11.8 Å². The first-order valence-corrected chi connectivity index (χ1v) is 6.46. The Labute approximate surface area is 83.9 Å². The van der Waals surface area contributed by atoms with Crippen molar-refractivity contribution in [3.8, 4) is 0 Å². The molecular formula is C10H18FNS. The van der Waals surface area contributed by atoms with Crippen LogP contribution in [0.3, 0.4) is 0 Å². The third kappa shape index (κ3) is 2.38. The van der Waals surface area contributed by atoms with Crippen molar-refractivity contribution in [2.24, 2.45) is 11.8 Å². The summed E-state index contributed by atoms with van der Waals surface area (Å²) in [6, 6.07) is 0. The van der Waals surface area contributed by atoms with Gasteiger partial charge in [0.25, 0.3) is 0 Å². The van der Waals surface area contributed by atoms with E-state index in [-0.39, 0.29) is 0 Å². The fraction of sp³-hybridized carbons (Fsp3) is 1.00. The normalized spacial score (nSPS) is 41.8. The third-order valence-electron chi connectivity index (χ3n) is 3.26. The number of alkyl halides is 1. The van der Waals surface area contributed by atoms with E-state index in [1.807, 2.05) is 11.8 Å². The molecular weight excluding hydrogens is 185 g/mol. The number of nitrogens with one attached hydrogen (secondary N) is 1. The van der Waals surface area contributed by atoms with Crippen molar-refractivity contribution in [3.05, 3.63) is 0 Å². The largest absolute Gasteiger partial charge is 0.314 e. The van der Waals surface area contributed by atoms with Gasteiger partial charge in [-0.15, -0.1) is 0 Å². The average molecular weight is 203 g/mol. The van der Waals surface area contributed by atoms with Gasteiger partial charge in [0.1, 0.15) is 6.17 Å². The smallest absolute Gasteiger partial charge is 0.116 e. The highest BCUT2D eigenvalue weighted by molar-refractivity contribution is 7.99. The second-order valence-corrected chi connectivity index (χ2v) is 5.30. The van der Waals surface area contributed by atoms with E-state index in [2.05, 4.69) is 5.32 Å². The van der Waals surface area contributed by atoms with Gasteiger partial charge in [-0.1, -0.05) is 0 Å². The summed E-state index contributed by atoms with van der Waals surface area (Å²) < 4.78 is 13.6. The van der Waals surface area contributed by atoms with E-state index >= 15 is 0 Å². The van der Waals surface area contributed by atoms with Crippen LogP contribution >= 0.6 is 11.8 Å². The van der Waals surface area contributed by atoms with E-state index in [0.717, 1.165) is 13.0 Å². The minimum Gasteiger partial charge on any atom is -0.314 e. The number of halogens is 1. The molecule has 2 rings (SSSR count). The molecule has 0 aliphatic carbocycles. The molecule has 3 heteroatoms. The molecule has 0 amide bonds. The van der Waals surface area contributed by atoms with Crippen LogP contribution in [0.15, 0.2) is 0 Å². The number of thioether (sulfide) groups is 1. The molecule has 0 aromatic heterocycles. The molecule has 0 spiro atoms. The Morgan fingerprint density at radius 3 is 2.92 bits per heavy atom. The monoisotopic (exact) mass is 203 g/mol. The first-order chi connectivity index (χ1) is 6.38. The molecule has 1 nitrogen and oxygen atoms in total. The van der Waals surface area contributed by atoms with E-state index in [1.165, 1.54) is 24.3 Å². The molecule has 2 aliphatic heterocycles. The third-order valence-corrected chi connectivity index (χ3v) is 4.50. The van der Waals surface area contributed by atoms with Crippen molar-refractivity contribution < 1.29 is 4.39 Å².